The Balaban J connectivity index is 4.03. The maximum Gasteiger partial charge on any atom is 0.205 e. The molecule has 0 aliphatic rings. The third kappa shape index (κ3) is 2.89. The number of hydrogen-bond donors (Lipinski definition) is 3. The highest BCUT2D eigenvalue weighted by Crippen LogP contribution is 1.97. The van der Waals surface area contributed by atoms with Crippen molar-refractivity contribution < 1.29 is 30.1 Å². The topological polar surface area (TPSA) is 94.4 Å². The second-order valence-corrected chi connectivity index (χ2v) is 1.94. The Morgan fingerprint density at radius 2 is 2.27 bits per heavy atom. The number of halogens is 1. The van der Waals surface area contributed by atoms with Crippen LogP contribution in [0.2, 0.25) is 0 Å². The van der Waals surface area contributed by atoms with E-state index in [0.29, 0.717) is 0 Å². The molecule has 0 heterocycles. The molecule has 66 valence electrons. The Bertz CT molecular complexity index is 132. The van der Waals surface area contributed by atoms with Crippen molar-refractivity contribution in [2.75, 3.05) is 13.3 Å². The van der Waals surface area contributed by atoms with Crippen LogP contribution in [0.15, 0.2) is 0 Å². The predicted octanol–water partition coefficient (Wildman–Crippen LogP) is -2.58. The summed E-state index contributed by atoms with van der Waals surface area (Å²) in [4.78, 5) is 14.7. The fraction of sp³-hybridized carbons (Fsp3) is 0.800. The third-order valence-electron chi connectivity index (χ3n) is 1.17. The number of Topliss-reactive ketones (excluding diaryl/α,β-unsaturated/α-hetero) is 1. The minimum absolute atomic E-state index is 0.661. The van der Waals surface area contributed by atoms with Crippen LogP contribution in [0.1, 0.15) is 0 Å². The molecule has 0 aromatic heterocycles. The monoisotopic (exact) mass is 168 g/mol. The van der Waals surface area contributed by atoms with Gasteiger partial charge in [0.2, 0.25) is 11.9 Å². The van der Waals surface area contributed by atoms with Crippen LogP contribution < -0.4 is 5.90 Å². The molecule has 0 aromatic rings. The highest BCUT2D eigenvalue weighted by atomic mass is 19.1. The highest BCUT2D eigenvalue weighted by molar-refractivity contribution is 5.84. The Morgan fingerprint density at radius 3 is 2.55 bits per heavy atom. The fourth-order valence-electron chi connectivity index (χ4n) is 0.590. The molecule has 0 rings (SSSR count). The van der Waals surface area contributed by atoms with Crippen molar-refractivity contribution in [3.8, 4) is 0 Å². The Labute approximate surface area is 62.5 Å². The van der Waals surface area contributed by atoms with Crippen LogP contribution in [0.3, 0.4) is 0 Å². The van der Waals surface area contributed by atoms with Crippen molar-refractivity contribution in [2.24, 2.45) is 0 Å². The molecule has 0 aromatic carbocycles. The maximum absolute atomic E-state index is 11.7. The summed E-state index contributed by atoms with van der Waals surface area (Å²) >= 11 is 0. The molecule has 11 heavy (non-hydrogen) atoms. The zero-order chi connectivity index (χ0) is 8.85. The number of aliphatic hydroxyl groups is 2. The number of carbonyl (C=O) groups is 1. The smallest absolute Gasteiger partial charge is 0.205 e. The predicted molar refractivity (Wildman–Crippen MR) is 31.8 cm³/mol. The van der Waals surface area contributed by atoms with Gasteiger partial charge in [0.05, 0.1) is 6.61 Å². The second kappa shape index (κ2) is 5.14. The molecule has 0 aliphatic carbocycles. The SMILES string of the molecule is [NH3+]OC(C(=O)CF)C(O)CO. The molecule has 0 spiro atoms. The molecular weight excluding hydrogens is 157 g/mol. The van der Waals surface area contributed by atoms with Gasteiger partial charge in [-0.3, -0.25) is 4.79 Å². The summed E-state index contributed by atoms with van der Waals surface area (Å²) in [5, 5.41) is 17.2. The van der Waals surface area contributed by atoms with E-state index in [9.17, 15) is 9.18 Å². The van der Waals surface area contributed by atoms with Gasteiger partial charge in [-0.25, -0.2) is 10.3 Å². The molecule has 2 atom stereocenters. The van der Waals surface area contributed by atoms with Crippen molar-refractivity contribution in [3.05, 3.63) is 0 Å². The number of aliphatic hydroxyl groups excluding tert-OH is 2. The molecule has 0 radical (unpaired) electrons. The Morgan fingerprint density at radius 1 is 1.73 bits per heavy atom. The first-order chi connectivity index (χ1) is 5.17. The van der Waals surface area contributed by atoms with E-state index in [4.69, 9.17) is 10.2 Å². The molecule has 5 N–H and O–H groups in total. The van der Waals surface area contributed by atoms with Crippen LogP contribution in [0.5, 0.6) is 0 Å². The van der Waals surface area contributed by atoms with Gasteiger partial charge in [-0.2, -0.15) is 4.84 Å². The first-order valence-electron chi connectivity index (χ1n) is 2.95. The summed E-state index contributed by atoms with van der Waals surface area (Å²) in [6.45, 7) is -1.90. The number of rotatable bonds is 5. The minimum atomic E-state index is -1.41. The zero-order valence-electron chi connectivity index (χ0n) is 5.86. The number of ketones is 1. The van der Waals surface area contributed by atoms with E-state index in [1.54, 1.807) is 0 Å². The minimum Gasteiger partial charge on any atom is -0.394 e. The van der Waals surface area contributed by atoms with E-state index < -0.39 is 31.3 Å². The van der Waals surface area contributed by atoms with Crippen molar-refractivity contribution >= 4 is 5.78 Å². The van der Waals surface area contributed by atoms with Crippen LogP contribution in [-0.2, 0) is 9.63 Å². The molecule has 0 amide bonds. The van der Waals surface area contributed by atoms with Crippen LogP contribution in [0.25, 0.3) is 0 Å². The normalized spacial score (nSPS) is 16.0. The molecule has 6 heteroatoms. The van der Waals surface area contributed by atoms with Gasteiger partial charge in [0.25, 0.3) is 0 Å². The van der Waals surface area contributed by atoms with Crippen molar-refractivity contribution in [1.82, 2.24) is 0 Å². The molecule has 0 saturated heterocycles. The molecule has 0 aliphatic heterocycles. The van der Waals surface area contributed by atoms with E-state index >= 15 is 0 Å². The lowest BCUT2D eigenvalue weighted by Crippen LogP contribution is -2.58. The van der Waals surface area contributed by atoms with E-state index in [2.05, 4.69) is 10.7 Å². The molecule has 2 unspecified atom stereocenters. The number of carbonyl (C=O) groups excluding carboxylic acids is 1. The summed E-state index contributed by atoms with van der Waals surface area (Å²) in [6, 6.07) is 0. The fourth-order valence-corrected chi connectivity index (χ4v) is 0.590. The number of quaternary nitrogens is 1. The average molecular weight is 168 g/mol. The van der Waals surface area contributed by atoms with Crippen LogP contribution in [0, 0.1) is 0 Å². The van der Waals surface area contributed by atoms with Gasteiger partial charge in [0.1, 0.15) is 6.10 Å². The van der Waals surface area contributed by atoms with Gasteiger partial charge in [-0.15, -0.1) is 0 Å². The average Bonchev–Trinajstić information content (AvgIpc) is 2.05. The van der Waals surface area contributed by atoms with Gasteiger partial charge in [0, 0.05) is 0 Å². The summed E-state index contributed by atoms with van der Waals surface area (Å²) in [7, 11) is 0. The van der Waals surface area contributed by atoms with Crippen molar-refractivity contribution in [1.29, 1.82) is 0 Å². The lowest BCUT2D eigenvalue weighted by Gasteiger charge is -2.13. The lowest BCUT2D eigenvalue weighted by atomic mass is 10.1. The summed E-state index contributed by atoms with van der Waals surface area (Å²) in [5.41, 5.74) is 0. The van der Waals surface area contributed by atoms with E-state index in [0.717, 1.165) is 0 Å². The van der Waals surface area contributed by atoms with Gasteiger partial charge >= 0.3 is 0 Å². The standard InChI is InChI=1S/C5H11FNO4/c6-1-3(9)5(11-7)4(10)2-8/h4-5,8,10H,1-2H2,7H3/q+1. The first kappa shape index (κ1) is 10.4. The van der Waals surface area contributed by atoms with Gasteiger partial charge in [-0.1, -0.05) is 0 Å². The zero-order valence-corrected chi connectivity index (χ0v) is 5.86. The second-order valence-electron chi connectivity index (χ2n) is 1.94. The molecule has 0 fully saturated rings. The Hall–Kier alpha value is -0.560. The van der Waals surface area contributed by atoms with Gasteiger partial charge in [0.15, 0.2) is 6.67 Å². The summed E-state index contributed by atoms with van der Waals surface area (Å²) in [5.74, 6) is 1.94. The van der Waals surface area contributed by atoms with E-state index in [1.165, 1.54) is 0 Å². The molecule has 0 saturated carbocycles. The summed E-state index contributed by atoms with van der Waals surface area (Å²) in [6.07, 6.45) is -2.78. The Kier molecular flexibility index (Phi) is 4.88. The third-order valence-corrected chi connectivity index (χ3v) is 1.17. The van der Waals surface area contributed by atoms with Gasteiger partial charge < -0.3 is 10.2 Å². The van der Waals surface area contributed by atoms with Crippen LogP contribution in [0.4, 0.5) is 4.39 Å². The lowest BCUT2D eigenvalue weighted by molar-refractivity contribution is -0.700. The molecule has 5 nitrogen and oxygen atoms in total. The molecule has 0 bridgehead atoms. The van der Waals surface area contributed by atoms with Crippen molar-refractivity contribution in [3.63, 3.8) is 0 Å². The highest BCUT2D eigenvalue weighted by Gasteiger charge is 2.28. The van der Waals surface area contributed by atoms with Crippen LogP contribution >= 0.6 is 0 Å². The van der Waals surface area contributed by atoms with Crippen molar-refractivity contribution in [2.45, 2.75) is 12.2 Å². The number of alkyl halides is 1. The van der Waals surface area contributed by atoms with Crippen LogP contribution in [-0.4, -0.2) is 41.5 Å². The van der Waals surface area contributed by atoms with Gasteiger partial charge in [-0.05, 0) is 0 Å². The largest absolute Gasteiger partial charge is 0.394 e. The number of hydrogen-bond acceptors (Lipinski definition) is 4. The maximum atomic E-state index is 11.7. The summed E-state index contributed by atoms with van der Waals surface area (Å²) < 4.78 is 11.7. The molecular formula is C5H11FNO4+. The van der Waals surface area contributed by atoms with E-state index in [-0.39, 0.29) is 0 Å². The first-order valence-corrected chi connectivity index (χ1v) is 2.95. The quantitative estimate of drug-likeness (QED) is 0.393. The van der Waals surface area contributed by atoms with E-state index in [1.807, 2.05) is 0 Å².